The predicted molar refractivity (Wildman–Crippen MR) is 113 cm³/mol. The molecule has 0 fully saturated rings. The molecule has 0 saturated carbocycles. The number of nitrogens with one attached hydrogen (secondary N) is 2. The molecular formula is C21H24N4O2S. The highest BCUT2D eigenvalue weighted by Crippen LogP contribution is 2.14. The first-order valence-electron chi connectivity index (χ1n) is 14.1. The van der Waals surface area contributed by atoms with E-state index in [0.29, 0.717) is 0 Å². The molecule has 1 atom stereocenters. The molecule has 0 unspecified atom stereocenters. The zero-order chi connectivity index (χ0) is 30.3. The second kappa shape index (κ2) is 9.98. The highest BCUT2D eigenvalue weighted by Gasteiger charge is 2.08. The minimum Gasteiger partial charge on any atom is -0.387 e. The summed E-state index contributed by atoms with van der Waals surface area (Å²) in [6.07, 6.45) is -2.81. The Bertz CT molecular complexity index is 1420. The van der Waals surface area contributed by atoms with Crippen molar-refractivity contribution in [2.75, 3.05) is 24.1 Å². The fourth-order valence-corrected chi connectivity index (χ4v) is 2.55. The van der Waals surface area contributed by atoms with Crippen molar-refractivity contribution in [3.05, 3.63) is 76.6 Å². The summed E-state index contributed by atoms with van der Waals surface area (Å²) in [4.78, 5) is 16.3. The number of thiazole rings is 1. The van der Waals surface area contributed by atoms with Gasteiger partial charge < -0.3 is 21.5 Å². The van der Waals surface area contributed by atoms with Crippen LogP contribution in [-0.4, -0.2) is 29.0 Å². The van der Waals surface area contributed by atoms with E-state index in [1.807, 2.05) is 0 Å². The summed E-state index contributed by atoms with van der Waals surface area (Å²) in [6, 6.07) is -5.82. The Morgan fingerprint density at radius 2 is 2.00 bits per heavy atom. The number of carbonyl (C=O) groups is 1. The highest BCUT2D eigenvalue weighted by molar-refractivity contribution is 7.13. The maximum Gasteiger partial charge on any atom is 0.230 e. The molecule has 0 radical (unpaired) electrons. The normalized spacial score (nSPS) is 18.5. The summed E-state index contributed by atoms with van der Waals surface area (Å²) < 4.78 is 96.0. The molecule has 0 bridgehead atoms. The SMILES string of the molecule is [2H]c1sc(N)nc1CC(=O)Nc1c([2H])c([2H])c(CCNC([2H])([2H])[C@@H](O)c2c([2H])c([2H])c([2H])c([2H])c2[2H])c([2H])c1[2H]. The molecule has 0 aliphatic rings. The number of nitrogen functional groups attached to an aromatic ring is 1. The Labute approximate surface area is 185 Å². The summed E-state index contributed by atoms with van der Waals surface area (Å²) in [5, 5.41) is 15.3. The average molecular weight is 409 g/mol. The minimum atomic E-state index is -2.71. The van der Waals surface area contributed by atoms with Crippen molar-refractivity contribution in [1.82, 2.24) is 10.3 Å². The number of carbonyl (C=O) groups excluding carboxylic acids is 1. The lowest BCUT2D eigenvalue weighted by Gasteiger charge is -2.12. The van der Waals surface area contributed by atoms with Gasteiger partial charge in [0.1, 0.15) is 0 Å². The van der Waals surface area contributed by atoms with Crippen LogP contribution in [0.5, 0.6) is 0 Å². The molecule has 0 aliphatic carbocycles. The van der Waals surface area contributed by atoms with E-state index in [-0.39, 0.29) is 41.1 Å². The standard InChI is InChI=1S/C21H24N4O2S/c22-21-25-18(14-28-21)12-20(27)24-17-8-6-15(7-9-17)10-11-23-13-19(26)16-4-2-1-3-5-16/h1-9,14,19,23,26H,10-13H2,(H2,22,25)(H,24,27)/t19-/m1/s1/i1D,2D,3D,4D,5D,6D,7D,8D,9D,13D2,14D. The van der Waals surface area contributed by atoms with Crippen LogP contribution in [0.25, 0.3) is 0 Å². The van der Waals surface area contributed by atoms with E-state index < -0.39 is 84.1 Å². The molecule has 0 aliphatic heterocycles. The van der Waals surface area contributed by atoms with Crippen molar-refractivity contribution in [3.63, 3.8) is 0 Å². The maximum absolute atomic E-state index is 12.4. The number of hydrogen-bond donors (Lipinski definition) is 4. The van der Waals surface area contributed by atoms with E-state index in [2.05, 4.69) is 15.6 Å². The summed E-state index contributed by atoms with van der Waals surface area (Å²) in [6.45, 7) is -3.04. The number of nitrogens with two attached hydrogens (primary N) is 1. The van der Waals surface area contributed by atoms with Crippen LogP contribution >= 0.6 is 11.3 Å². The van der Waals surface area contributed by atoms with Gasteiger partial charge in [-0.3, -0.25) is 4.79 Å². The summed E-state index contributed by atoms with van der Waals surface area (Å²) in [7, 11) is 0. The van der Waals surface area contributed by atoms with E-state index in [4.69, 9.17) is 22.2 Å². The number of hydrogen-bond acceptors (Lipinski definition) is 6. The molecule has 3 rings (SSSR count). The molecule has 1 heterocycles. The number of aromatic nitrogens is 1. The number of rotatable bonds is 9. The Morgan fingerprint density at radius 3 is 2.68 bits per heavy atom. The zero-order valence-electron chi connectivity index (χ0n) is 26.5. The van der Waals surface area contributed by atoms with Gasteiger partial charge in [-0.2, -0.15) is 0 Å². The molecular weight excluding hydrogens is 372 g/mol. The molecule has 0 saturated heterocycles. The van der Waals surface area contributed by atoms with Crippen LogP contribution in [0.2, 0.25) is 0 Å². The first kappa shape index (κ1) is 9.65. The lowest BCUT2D eigenvalue weighted by atomic mass is 10.1. The summed E-state index contributed by atoms with van der Waals surface area (Å²) in [5.74, 6) is -0.733. The van der Waals surface area contributed by atoms with Gasteiger partial charge >= 0.3 is 0 Å². The van der Waals surface area contributed by atoms with E-state index in [1.165, 1.54) is 0 Å². The maximum atomic E-state index is 12.4. The fourth-order valence-electron chi connectivity index (χ4n) is 2.05. The first-order chi connectivity index (χ1) is 18.5. The van der Waals surface area contributed by atoms with Crippen molar-refractivity contribution in [2.45, 2.75) is 18.9 Å². The van der Waals surface area contributed by atoms with Crippen LogP contribution < -0.4 is 16.4 Å². The number of aliphatic hydroxyl groups is 1. The fraction of sp³-hybridized carbons (Fsp3) is 0.238. The topological polar surface area (TPSA) is 100 Å². The van der Waals surface area contributed by atoms with E-state index in [0.717, 1.165) is 11.3 Å². The van der Waals surface area contributed by atoms with Gasteiger partial charge in [-0.25, -0.2) is 4.98 Å². The number of amides is 1. The molecule has 28 heavy (non-hydrogen) atoms. The monoisotopic (exact) mass is 408 g/mol. The third-order valence-electron chi connectivity index (χ3n) is 3.32. The summed E-state index contributed by atoms with van der Waals surface area (Å²) >= 11 is 0.871. The number of nitrogens with zero attached hydrogens (tertiary/aromatic N) is 1. The average Bonchev–Trinajstić information content (AvgIpc) is 3.20. The van der Waals surface area contributed by atoms with Crippen molar-refractivity contribution < 1.29 is 26.4 Å². The number of benzene rings is 2. The quantitative estimate of drug-likeness (QED) is 0.436. The Kier molecular flexibility index (Phi) is 3.44. The van der Waals surface area contributed by atoms with Crippen LogP contribution in [0.15, 0.2) is 59.7 Å². The van der Waals surface area contributed by atoms with Gasteiger partial charge in [-0.1, -0.05) is 42.3 Å². The molecule has 0 spiro atoms. The summed E-state index contributed by atoms with van der Waals surface area (Å²) in [5.41, 5.74) is 4.46. The van der Waals surface area contributed by atoms with Crippen molar-refractivity contribution >= 4 is 28.1 Å². The second-order valence-electron chi connectivity index (χ2n) is 5.44. The molecule has 5 N–H and O–H groups in total. The van der Waals surface area contributed by atoms with Gasteiger partial charge in [-0.05, 0) is 36.2 Å². The second-order valence-corrected chi connectivity index (χ2v) is 6.27. The van der Waals surface area contributed by atoms with Crippen molar-refractivity contribution in [3.8, 4) is 0 Å². The van der Waals surface area contributed by atoms with Gasteiger partial charge in [-0.15, -0.1) is 11.3 Å². The smallest absolute Gasteiger partial charge is 0.230 e. The van der Waals surface area contributed by atoms with Gasteiger partial charge in [0.05, 0.1) is 31.9 Å². The van der Waals surface area contributed by atoms with Crippen LogP contribution in [0.4, 0.5) is 10.8 Å². The predicted octanol–water partition coefficient (Wildman–Crippen LogP) is 2.77. The number of anilines is 2. The first-order valence-corrected chi connectivity index (χ1v) is 8.91. The Hall–Kier alpha value is -2.74. The van der Waals surface area contributed by atoms with E-state index in [9.17, 15) is 9.90 Å². The van der Waals surface area contributed by atoms with Gasteiger partial charge in [0.15, 0.2) is 5.13 Å². The van der Waals surface area contributed by atoms with Crippen molar-refractivity contribution in [2.24, 2.45) is 0 Å². The molecule has 2 aromatic carbocycles. The zero-order valence-corrected chi connectivity index (χ0v) is 15.3. The molecule has 1 amide bonds. The molecule has 6 nitrogen and oxygen atoms in total. The number of aliphatic hydroxyl groups excluding tert-OH is 1. The highest BCUT2D eigenvalue weighted by atomic mass is 32.1. The lowest BCUT2D eigenvalue weighted by Crippen LogP contribution is -2.23. The Morgan fingerprint density at radius 1 is 1.25 bits per heavy atom. The van der Waals surface area contributed by atoms with Crippen LogP contribution in [0.3, 0.4) is 0 Å². The van der Waals surface area contributed by atoms with Gasteiger partial charge in [0.2, 0.25) is 5.91 Å². The third-order valence-corrected chi connectivity index (χ3v) is 3.96. The molecule has 3 aromatic rings. The van der Waals surface area contributed by atoms with Gasteiger partial charge in [0, 0.05) is 20.3 Å². The van der Waals surface area contributed by atoms with Gasteiger partial charge in [0.25, 0.3) is 0 Å². The van der Waals surface area contributed by atoms with E-state index in [1.54, 1.807) is 0 Å². The largest absolute Gasteiger partial charge is 0.387 e. The van der Waals surface area contributed by atoms with E-state index >= 15 is 0 Å². The molecule has 146 valence electrons. The van der Waals surface area contributed by atoms with Crippen LogP contribution in [-0.2, 0) is 17.6 Å². The van der Waals surface area contributed by atoms with Crippen LogP contribution in [0, 0.1) is 0 Å². The van der Waals surface area contributed by atoms with Crippen molar-refractivity contribution in [1.29, 1.82) is 0 Å². The van der Waals surface area contributed by atoms with Crippen LogP contribution in [0.1, 0.15) is 39.4 Å². The molecule has 1 aromatic heterocycles. The molecule has 7 heteroatoms. The Balaban J connectivity index is 1.77. The minimum absolute atomic E-state index is 0.0217. The lowest BCUT2D eigenvalue weighted by molar-refractivity contribution is -0.115. The third kappa shape index (κ3) is 6.16.